The van der Waals surface area contributed by atoms with Gasteiger partial charge in [0.2, 0.25) is 0 Å². The maximum atomic E-state index is 6.09. The van der Waals surface area contributed by atoms with Crippen LogP contribution in [0.15, 0.2) is 6.20 Å². The lowest BCUT2D eigenvalue weighted by Crippen LogP contribution is -2.38. The first kappa shape index (κ1) is 14.0. The summed E-state index contributed by atoms with van der Waals surface area (Å²) < 4.78 is 8.17. The Morgan fingerprint density at radius 2 is 2.30 bits per heavy atom. The molecule has 1 spiro atoms. The lowest BCUT2D eigenvalue weighted by Gasteiger charge is -2.38. The first-order chi connectivity index (χ1) is 9.81. The minimum atomic E-state index is 0.148. The minimum absolute atomic E-state index is 0.148. The molecule has 1 aromatic heterocycles. The van der Waals surface area contributed by atoms with Crippen LogP contribution in [0.1, 0.15) is 63.6 Å². The monoisotopic (exact) mass is 278 g/mol. The van der Waals surface area contributed by atoms with Gasteiger partial charge in [-0.1, -0.05) is 25.0 Å². The number of hydrogen-bond donors (Lipinski definition) is 1. The smallest absolute Gasteiger partial charge is 0.0964 e. The Kier molecular flexibility index (Phi) is 4.36. The van der Waals surface area contributed by atoms with Crippen LogP contribution in [0.25, 0.3) is 0 Å². The molecule has 2 heterocycles. The molecule has 1 unspecified atom stereocenters. The number of nitrogens with one attached hydrogen (secondary N) is 1. The Morgan fingerprint density at radius 3 is 3.10 bits per heavy atom. The highest BCUT2D eigenvalue weighted by Gasteiger charge is 2.40. The lowest BCUT2D eigenvalue weighted by molar-refractivity contribution is -0.0911. The third-order valence-corrected chi connectivity index (χ3v) is 4.65. The molecule has 0 radical (unpaired) electrons. The van der Waals surface area contributed by atoms with Crippen LogP contribution in [0.4, 0.5) is 0 Å². The van der Waals surface area contributed by atoms with Crippen molar-refractivity contribution >= 4 is 0 Å². The first-order valence-corrected chi connectivity index (χ1v) is 8.07. The van der Waals surface area contributed by atoms with Crippen molar-refractivity contribution in [3.8, 4) is 0 Å². The molecule has 1 aliphatic carbocycles. The zero-order valence-corrected chi connectivity index (χ0v) is 12.5. The number of nitrogens with zero attached hydrogens (tertiary/aromatic N) is 3. The second-order valence-corrected chi connectivity index (χ2v) is 6.25. The van der Waals surface area contributed by atoms with E-state index in [2.05, 4.69) is 33.4 Å². The number of hydrogen-bond acceptors (Lipinski definition) is 4. The largest absolute Gasteiger partial charge is 0.375 e. The van der Waals surface area contributed by atoms with E-state index in [4.69, 9.17) is 4.74 Å². The number of aromatic nitrogens is 3. The number of ether oxygens (including phenoxy) is 1. The van der Waals surface area contributed by atoms with Gasteiger partial charge in [-0.25, -0.2) is 4.68 Å². The highest BCUT2D eigenvalue weighted by atomic mass is 16.5. The van der Waals surface area contributed by atoms with Gasteiger partial charge in [0.25, 0.3) is 0 Å². The van der Waals surface area contributed by atoms with Crippen LogP contribution in [0.2, 0.25) is 0 Å². The fourth-order valence-corrected chi connectivity index (χ4v) is 3.56. The topological polar surface area (TPSA) is 52.0 Å². The Labute approximate surface area is 121 Å². The van der Waals surface area contributed by atoms with Gasteiger partial charge in [0, 0.05) is 13.2 Å². The second-order valence-electron chi connectivity index (χ2n) is 6.25. The lowest BCUT2D eigenvalue weighted by atomic mass is 9.89. The van der Waals surface area contributed by atoms with E-state index < -0.39 is 0 Å². The van der Waals surface area contributed by atoms with Gasteiger partial charge in [-0.2, -0.15) is 0 Å². The van der Waals surface area contributed by atoms with Crippen molar-refractivity contribution in [2.45, 2.75) is 70.1 Å². The molecule has 1 atom stereocenters. The quantitative estimate of drug-likeness (QED) is 0.841. The standard InChI is InChI=1S/C15H26N4O/c1-2-8-16-11-13-12-19(18-17-13)14-5-9-20-15(10-14)6-3-4-7-15/h12,14,16H,2-11H2,1H3. The molecule has 2 aliphatic rings. The SMILES string of the molecule is CCCNCc1cn(C2CCOC3(CCCC3)C2)nn1. The molecule has 112 valence electrons. The Hall–Kier alpha value is -0.940. The summed E-state index contributed by atoms with van der Waals surface area (Å²) >= 11 is 0. The van der Waals surface area contributed by atoms with Gasteiger partial charge in [0.05, 0.1) is 23.5 Å². The van der Waals surface area contributed by atoms with Crippen molar-refractivity contribution in [2.24, 2.45) is 0 Å². The third-order valence-electron chi connectivity index (χ3n) is 4.65. The van der Waals surface area contributed by atoms with E-state index in [0.717, 1.165) is 44.7 Å². The molecule has 5 heteroatoms. The maximum absolute atomic E-state index is 6.09. The van der Waals surface area contributed by atoms with Crippen molar-refractivity contribution < 1.29 is 4.74 Å². The molecule has 0 aromatic carbocycles. The summed E-state index contributed by atoms with van der Waals surface area (Å²) in [6.07, 6.45) is 10.5. The molecule has 1 saturated carbocycles. The van der Waals surface area contributed by atoms with Crippen LogP contribution in [-0.2, 0) is 11.3 Å². The molecule has 5 nitrogen and oxygen atoms in total. The highest BCUT2D eigenvalue weighted by molar-refractivity contribution is 4.97. The summed E-state index contributed by atoms with van der Waals surface area (Å²) in [6, 6.07) is 0.467. The molecule has 1 N–H and O–H groups in total. The van der Waals surface area contributed by atoms with E-state index >= 15 is 0 Å². The maximum Gasteiger partial charge on any atom is 0.0964 e. The van der Waals surface area contributed by atoms with Crippen LogP contribution in [0.3, 0.4) is 0 Å². The van der Waals surface area contributed by atoms with Gasteiger partial charge in [-0.05, 0) is 38.6 Å². The van der Waals surface area contributed by atoms with Gasteiger partial charge >= 0.3 is 0 Å². The Bertz CT molecular complexity index is 425. The predicted octanol–water partition coefficient (Wildman–Crippen LogP) is 2.44. The molecule has 2 fully saturated rings. The Balaban J connectivity index is 1.60. The molecule has 0 bridgehead atoms. The van der Waals surface area contributed by atoms with Gasteiger partial charge in [0.1, 0.15) is 0 Å². The second kappa shape index (κ2) is 6.22. The zero-order valence-electron chi connectivity index (χ0n) is 12.5. The summed E-state index contributed by atoms with van der Waals surface area (Å²) in [7, 11) is 0. The van der Waals surface area contributed by atoms with E-state index in [9.17, 15) is 0 Å². The van der Waals surface area contributed by atoms with E-state index in [1.54, 1.807) is 0 Å². The Morgan fingerprint density at radius 1 is 1.45 bits per heavy atom. The van der Waals surface area contributed by atoms with Crippen LogP contribution >= 0.6 is 0 Å². The normalized spacial score (nSPS) is 25.4. The summed E-state index contributed by atoms with van der Waals surface area (Å²) in [5.74, 6) is 0. The molecule has 1 saturated heterocycles. The minimum Gasteiger partial charge on any atom is -0.375 e. The zero-order chi connectivity index (χ0) is 13.8. The number of rotatable bonds is 5. The average molecular weight is 278 g/mol. The fraction of sp³-hybridized carbons (Fsp3) is 0.867. The summed E-state index contributed by atoms with van der Waals surface area (Å²) in [5, 5.41) is 12.0. The van der Waals surface area contributed by atoms with Crippen LogP contribution in [0.5, 0.6) is 0 Å². The van der Waals surface area contributed by atoms with E-state index in [0.29, 0.717) is 6.04 Å². The first-order valence-electron chi connectivity index (χ1n) is 8.07. The van der Waals surface area contributed by atoms with Gasteiger partial charge in [-0.3, -0.25) is 0 Å². The molecule has 1 aliphatic heterocycles. The van der Waals surface area contributed by atoms with Gasteiger partial charge < -0.3 is 10.1 Å². The van der Waals surface area contributed by atoms with Crippen molar-refractivity contribution in [3.63, 3.8) is 0 Å². The molecule has 20 heavy (non-hydrogen) atoms. The van der Waals surface area contributed by atoms with Crippen molar-refractivity contribution in [2.75, 3.05) is 13.2 Å². The van der Waals surface area contributed by atoms with E-state index in [1.165, 1.54) is 25.7 Å². The molecule has 3 rings (SSSR count). The third kappa shape index (κ3) is 3.04. The van der Waals surface area contributed by atoms with E-state index in [1.807, 2.05) is 0 Å². The summed E-state index contributed by atoms with van der Waals surface area (Å²) in [4.78, 5) is 0. The molecule has 0 amide bonds. The summed E-state index contributed by atoms with van der Waals surface area (Å²) in [6.45, 7) is 4.90. The van der Waals surface area contributed by atoms with Crippen molar-refractivity contribution in [1.82, 2.24) is 20.3 Å². The van der Waals surface area contributed by atoms with Crippen LogP contribution in [0, 0.1) is 0 Å². The average Bonchev–Trinajstić information content (AvgIpc) is 3.09. The van der Waals surface area contributed by atoms with E-state index in [-0.39, 0.29) is 5.60 Å². The predicted molar refractivity (Wildman–Crippen MR) is 77.4 cm³/mol. The van der Waals surface area contributed by atoms with Crippen molar-refractivity contribution in [1.29, 1.82) is 0 Å². The summed E-state index contributed by atoms with van der Waals surface area (Å²) in [5.41, 5.74) is 1.19. The van der Waals surface area contributed by atoms with Crippen LogP contribution in [-0.4, -0.2) is 33.7 Å². The molecular weight excluding hydrogens is 252 g/mol. The fourth-order valence-electron chi connectivity index (χ4n) is 3.56. The molecular formula is C15H26N4O. The van der Waals surface area contributed by atoms with Crippen molar-refractivity contribution in [3.05, 3.63) is 11.9 Å². The van der Waals surface area contributed by atoms with Gasteiger partial charge in [0.15, 0.2) is 0 Å². The molecule has 1 aromatic rings. The van der Waals surface area contributed by atoms with Crippen LogP contribution < -0.4 is 5.32 Å². The highest BCUT2D eigenvalue weighted by Crippen LogP contribution is 2.43. The van der Waals surface area contributed by atoms with Gasteiger partial charge in [-0.15, -0.1) is 5.10 Å².